The smallest absolute Gasteiger partial charge is 0.338 e. The van der Waals surface area contributed by atoms with E-state index in [2.05, 4.69) is 20.9 Å². The number of allylic oxidation sites excluding steroid dienone is 1. The highest BCUT2D eigenvalue weighted by Gasteiger charge is 2.33. The van der Waals surface area contributed by atoms with Crippen molar-refractivity contribution >= 4 is 39.3 Å². The summed E-state index contributed by atoms with van der Waals surface area (Å²) in [4.78, 5) is 31.5. The first kappa shape index (κ1) is 26.3. The fourth-order valence-electron chi connectivity index (χ4n) is 3.97. The number of hydrogen-bond acceptors (Lipinski definition) is 8. The first-order valence-corrected chi connectivity index (χ1v) is 12.7. The molecule has 0 fully saturated rings. The molecular formula is C26H21BrFN3O5S. The van der Waals surface area contributed by atoms with Crippen LogP contribution in [0.4, 0.5) is 4.39 Å². The van der Waals surface area contributed by atoms with Crippen LogP contribution in [-0.4, -0.2) is 30.9 Å². The minimum absolute atomic E-state index is 0.154. The van der Waals surface area contributed by atoms with Gasteiger partial charge in [0.25, 0.3) is 5.56 Å². The Hall–Kier alpha value is -3.75. The van der Waals surface area contributed by atoms with Crippen molar-refractivity contribution in [2.75, 3.05) is 20.3 Å². The molecule has 0 radical (unpaired) electrons. The van der Waals surface area contributed by atoms with Gasteiger partial charge in [0.15, 0.2) is 22.9 Å². The molecule has 2 aromatic carbocycles. The number of esters is 1. The number of thiazole rings is 1. The van der Waals surface area contributed by atoms with Gasteiger partial charge in [0.1, 0.15) is 11.9 Å². The molecule has 1 unspecified atom stereocenters. The number of carbonyl (C=O) groups is 1. The number of halogens is 2. The van der Waals surface area contributed by atoms with Gasteiger partial charge in [0, 0.05) is 0 Å². The molecule has 190 valence electrons. The Bertz CT molecular complexity index is 1620. The van der Waals surface area contributed by atoms with Crippen molar-refractivity contribution in [2.45, 2.75) is 19.9 Å². The van der Waals surface area contributed by atoms with Crippen molar-refractivity contribution in [3.63, 3.8) is 0 Å². The molecule has 0 amide bonds. The number of fused-ring (bicyclic) bond motifs is 1. The molecule has 1 aliphatic rings. The molecule has 2 heterocycles. The lowest BCUT2D eigenvalue weighted by atomic mass is 9.96. The maximum Gasteiger partial charge on any atom is 0.338 e. The first-order chi connectivity index (χ1) is 17.8. The van der Waals surface area contributed by atoms with E-state index in [4.69, 9.17) is 19.5 Å². The number of aromatic nitrogens is 1. The second kappa shape index (κ2) is 11.1. The number of nitriles is 1. The van der Waals surface area contributed by atoms with E-state index in [0.29, 0.717) is 42.1 Å². The molecule has 1 atom stereocenters. The molecule has 0 N–H and O–H groups in total. The Morgan fingerprint density at radius 3 is 2.70 bits per heavy atom. The predicted molar refractivity (Wildman–Crippen MR) is 139 cm³/mol. The Morgan fingerprint density at radius 2 is 2.05 bits per heavy atom. The molecule has 1 aromatic heterocycles. The van der Waals surface area contributed by atoms with E-state index in [1.165, 1.54) is 35.9 Å². The quantitative estimate of drug-likeness (QED) is 0.392. The van der Waals surface area contributed by atoms with Crippen molar-refractivity contribution in [3.05, 3.63) is 88.8 Å². The minimum atomic E-state index is -0.832. The van der Waals surface area contributed by atoms with Gasteiger partial charge in [0.05, 0.1) is 40.0 Å². The highest BCUT2D eigenvalue weighted by molar-refractivity contribution is 9.10. The summed E-state index contributed by atoms with van der Waals surface area (Å²) in [7, 11) is 1.47. The van der Waals surface area contributed by atoms with Crippen LogP contribution in [0.3, 0.4) is 0 Å². The van der Waals surface area contributed by atoms with Crippen LogP contribution in [0.1, 0.15) is 31.0 Å². The predicted octanol–water partition coefficient (Wildman–Crippen LogP) is 3.61. The zero-order valence-electron chi connectivity index (χ0n) is 20.1. The molecule has 11 heteroatoms. The van der Waals surface area contributed by atoms with E-state index in [9.17, 15) is 14.0 Å². The number of rotatable bonds is 7. The summed E-state index contributed by atoms with van der Waals surface area (Å²) in [5.74, 6) is -0.271. The van der Waals surface area contributed by atoms with Crippen molar-refractivity contribution in [2.24, 2.45) is 4.99 Å². The molecule has 0 bridgehead atoms. The van der Waals surface area contributed by atoms with E-state index >= 15 is 0 Å². The minimum Gasteiger partial charge on any atom is -0.493 e. The first-order valence-electron chi connectivity index (χ1n) is 11.1. The summed E-state index contributed by atoms with van der Waals surface area (Å²) in [5, 5.41) is 8.83. The number of nitrogens with zero attached hydrogens (tertiary/aromatic N) is 3. The van der Waals surface area contributed by atoms with Crippen LogP contribution in [-0.2, 0) is 9.53 Å². The van der Waals surface area contributed by atoms with E-state index in [-0.39, 0.29) is 24.3 Å². The van der Waals surface area contributed by atoms with Gasteiger partial charge in [-0.15, -0.1) is 0 Å². The molecule has 0 aliphatic carbocycles. The lowest BCUT2D eigenvalue weighted by Gasteiger charge is -2.24. The molecule has 4 rings (SSSR count). The molecule has 37 heavy (non-hydrogen) atoms. The van der Waals surface area contributed by atoms with E-state index in [1.807, 2.05) is 6.07 Å². The summed E-state index contributed by atoms with van der Waals surface area (Å²) in [6.45, 7) is 3.38. The zero-order valence-corrected chi connectivity index (χ0v) is 22.5. The van der Waals surface area contributed by atoms with Crippen molar-refractivity contribution < 1.29 is 23.4 Å². The van der Waals surface area contributed by atoms with Gasteiger partial charge >= 0.3 is 5.97 Å². The van der Waals surface area contributed by atoms with Gasteiger partial charge in [-0.3, -0.25) is 9.36 Å². The standard InChI is InChI=1S/C26H21BrFN3O5S/c1-4-35-25(33)21-14(2)30-26-31(22(21)16-5-7-17(28)8-6-16)24(32)20(37-26)13-15-11-18(27)23(36-10-9-29)19(12-15)34-3/h5-8,11-13,22H,4,10H2,1-3H3/b20-13-. The number of benzene rings is 2. The zero-order chi connectivity index (χ0) is 26.7. The maximum absolute atomic E-state index is 13.7. The lowest BCUT2D eigenvalue weighted by molar-refractivity contribution is -0.139. The molecule has 3 aromatic rings. The van der Waals surface area contributed by atoms with Gasteiger partial charge in [-0.05, 0) is 71.2 Å². The monoisotopic (exact) mass is 585 g/mol. The Balaban J connectivity index is 1.90. The molecular weight excluding hydrogens is 565 g/mol. The van der Waals surface area contributed by atoms with Crippen molar-refractivity contribution in [3.8, 4) is 17.6 Å². The average Bonchev–Trinajstić information content (AvgIpc) is 3.17. The molecule has 0 saturated carbocycles. The SMILES string of the molecule is CCOC(=O)C1=C(C)N=c2s/c(=C\c3cc(Br)c(OCC#N)c(OC)c3)c(=O)n2C1c1ccc(F)cc1. The molecule has 8 nitrogen and oxygen atoms in total. The van der Waals surface area contributed by atoms with Gasteiger partial charge in [0.2, 0.25) is 0 Å². The third kappa shape index (κ3) is 5.21. The number of hydrogen-bond donors (Lipinski definition) is 0. The number of ether oxygens (including phenoxy) is 3. The summed E-state index contributed by atoms with van der Waals surface area (Å²) in [6.07, 6.45) is 1.68. The number of carbonyl (C=O) groups excluding carboxylic acids is 1. The van der Waals surface area contributed by atoms with E-state index in [1.54, 1.807) is 32.1 Å². The molecule has 0 spiro atoms. The third-order valence-electron chi connectivity index (χ3n) is 5.53. The van der Waals surface area contributed by atoms with Crippen LogP contribution in [0.15, 0.2) is 61.9 Å². The van der Waals surface area contributed by atoms with Crippen LogP contribution < -0.4 is 24.4 Å². The maximum atomic E-state index is 13.7. The van der Waals surface area contributed by atoms with Crippen LogP contribution in [0, 0.1) is 17.1 Å². The fraction of sp³-hybridized carbons (Fsp3) is 0.231. The molecule has 1 aliphatic heterocycles. The largest absolute Gasteiger partial charge is 0.493 e. The average molecular weight is 586 g/mol. The van der Waals surface area contributed by atoms with E-state index < -0.39 is 17.8 Å². The van der Waals surface area contributed by atoms with Crippen molar-refractivity contribution in [1.82, 2.24) is 4.57 Å². The number of methoxy groups -OCH3 is 1. The summed E-state index contributed by atoms with van der Waals surface area (Å²) in [6, 6.07) is 10.1. The summed E-state index contributed by atoms with van der Waals surface area (Å²) in [5.41, 5.74) is 1.46. The van der Waals surface area contributed by atoms with Crippen LogP contribution in [0.5, 0.6) is 11.5 Å². The Labute approximate surface area is 223 Å². The van der Waals surface area contributed by atoms with Gasteiger partial charge in [-0.2, -0.15) is 5.26 Å². The highest BCUT2D eigenvalue weighted by atomic mass is 79.9. The van der Waals surface area contributed by atoms with Crippen LogP contribution >= 0.6 is 27.3 Å². The second-order valence-corrected chi connectivity index (χ2v) is 9.70. The van der Waals surface area contributed by atoms with Gasteiger partial charge < -0.3 is 14.2 Å². The summed E-state index contributed by atoms with van der Waals surface area (Å²) < 4.78 is 32.1. The Kier molecular flexibility index (Phi) is 7.90. The fourth-order valence-corrected chi connectivity index (χ4v) is 5.59. The van der Waals surface area contributed by atoms with Crippen molar-refractivity contribution in [1.29, 1.82) is 5.26 Å². The summed E-state index contributed by atoms with van der Waals surface area (Å²) >= 11 is 4.59. The van der Waals surface area contributed by atoms with Crippen LogP contribution in [0.2, 0.25) is 0 Å². The lowest BCUT2D eigenvalue weighted by Crippen LogP contribution is -2.39. The molecule has 0 saturated heterocycles. The third-order valence-corrected chi connectivity index (χ3v) is 7.11. The van der Waals surface area contributed by atoms with Gasteiger partial charge in [-0.25, -0.2) is 14.2 Å². The normalized spacial score (nSPS) is 15.0. The van der Waals surface area contributed by atoms with Crippen LogP contribution in [0.25, 0.3) is 6.08 Å². The topological polar surface area (TPSA) is 103 Å². The Morgan fingerprint density at radius 1 is 1.32 bits per heavy atom. The highest BCUT2D eigenvalue weighted by Crippen LogP contribution is 2.37. The second-order valence-electron chi connectivity index (χ2n) is 7.83. The van der Waals surface area contributed by atoms with E-state index in [0.717, 1.165) is 11.3 Å². The van der Waals surface area contributed by atoms with Gasteiger partial charge in [-0.1, -0.05) is 23.5 Å².